The average molecular weight is 298 g/mol. The molecule has 1 saturated carbocycles. The van der Waals surface area contributed by atoms with E-state index in [0.29, 0.717) is 18.4 Å². The van der Waals surface area contributed by atoms with Crippen LogP contribution in [-0.2, 0) is 10.0 Å². The molecule has 1 aliphatic rings. The molecular weight excluding hydrogens is 276 g/mol. The molecule has 1 aromatic rings. The second-order valence-electron chi connectivity index (χ2n) is 5.23. The average Bonchev–Trinajstić information content (AvgIpc) is 2.93. The molecule has 0 aliphatic heterocycles. The molecule has 0 aromatic carbocycles. The molecule has 1 fully saturated rings. The van der Waals surface area contributed by atoms with Gasteiger partial charge < -0.3 is 5.32 Å². The predicted molar refractivity (Wildman–Crippen MR) is 77.9 cm³/mol. The van der Waals surface area contributed by atoms with Crippen LogP contribution in [0.2, 0.25) is 0 Å². The molecule has 0 spiro atoms. The Hall–Kier alpha value is -1.21. The van der Waals surface area contributed by atoms with Crippen LogP contribution >= 0.6 is 0 Å². The lowest BCUT2D eigenvalue weighted by Gasteiger charge is -2.20. The molecule has 112 valence electrons. The van der Waals surface area contributed by atoms with Crippen LogP contribution in [0.4, 0.5) is 5.95 Å². The topological polar surface area (TPSA) is 84.0 Å². The van der Waals surface area contributed by atoms with Gasteiger partial charge in [0.2, 0.25) is 16.0 Å². The van der Waals surface area contributed by atoms with Gasteiger partial charge in [-0.05, 0) is 32.6 Å². The molecule has 1 heterocycles. The first-order valence-electron chi connectivity index (χ1n) is 7.11. The van der Waals surface area contributed by atoms with E-state index in [1.807, 2.05) is 13.8 Å². The molecule has 0 amide bonds. The van der Waals surface area contributed by atoms with E-state index in [4.69, 9.17) is 0 Å². The number of hydrogen-bond acceptors (Lipinski definition) is 5. The third-order valence-corrected chi connectivity index (χ3v) is 5.23. The molecule has 1 aromatic heterocycles. The lowest BCUT2D eigenvalue weighted by atomic mass is 10.0. The Labute approximate surface area is 120 Å². The van der Waals surface area contributed by atoms with Crippen molar-refractivity contribution in [1.82, 2.24) is 14.7 Å². The molecular formula is C13H22N4O2S. The summed E-state index contributed by atoms with van der Waals surface area (Å²) in [5.41, 5.74) is 0. The van der Waals surface area contributed by atoms with Crippen LogP contribution in [0.15, 0.2) is 17.3 Å². The van der Waals surface area contributed by atoms with E-state index < -0.39 is 10.0 Å². The molecule has 0 saturated heterocycles. The number of rotatable bonds is 6. The van der Waals surface area contributed by atoms with Crippen molar-refractivity contribution >= 4 is 16.0 Å². The van der Waals surface area contributed by atoms with Crippen LogP contribution in [-0.4, -0.2) is 31.0 Å². The van der Waals surface area contributed by atoms with Gasteiger partial charge in [0.05, 0.1) is 12.4 Å². The molecule has 1 aliphatic carbocycles. The van der Waals surface area contributed by atoms with Crippen molar-refractivity contribution in [3.05, 3.63) is 12.4 Å². The van der Waals surface area contributed by atoms with E-state index in [1.54, 1.807) is 0 Å². The van der Waals surface area contributed by atoms with Gasteiger partial charge >= 0.3 is 0 Å². The first-order valence-corrected chi connectivity index (χ1v) is 8.59. The minimum atomic E-state index is -3.53. The Bertz CT molecular complexity index is 524. The zero-order valence-corrected chi connectivity index (χ0v) is 12.8. The molecule has 1 atom stereocenters. The fourth-order valence-electron chi connectivity index (χ4n) is 2.57. The van der Waals surface area contributed by atoms with E-state index in [1.165, 1.54) is 25.2 Å². The highest BCUT2D eigenvalue weighted by atomic mass is 32.2. The van der Waals surface area contributed by atoms with Gasteiger partial charge in [0.25, 0.3) is 0 Å². The van der Waals surface area contributed by atoms with Crippen LogP contribution in [0.3, 0.4) is 0 Å². The fraction of sp³-hybridized carbons (Fsp3) is 0.692. The Morgan fingerprint density at radius 1 is 1.30 bits per heavy atom. The van der Waals surface area contributed by atoms with Gasteiger partial charge in [-0.15, -0.1) is 0 Å². The van der Waals surface area contributed by atoms with E-state index in [2.05, 4.69) is 20.0 Å². The molecule has 0 radical (unpaired) electrons. The third-order valence-electron chi connectivity index (χ3n) is 3.72. The number of nitrogens with one attached hydrogen (secondary N) is 2. The van der Waals surface area contributed by atoms with Crippen molar-refractivity contribution in [2.75, 3.05) is 11.9 Å². The summed E-state index contributed by atoms with van der Waals surface area (Å²) in [6.07, 6.45) is 7.26. The quantitative estimate of drug-likeness (QED) is 0.836. The van der Waals surface area contributed by atoms with Gasteiger partial charge in [0.1, 0.15) is 4.90 Å². The van der Waals surface area contributed by atoms with E-state index in [0.717, 1.165) is 12.8 Å². The van der Waals surface area contributed by atoms with Gasteiger partial charge in [0.15, 0.2) is 0 Å². The maximum atomic E-state index is 12.3. The maximum Gasteiger partial charge on any atom is 0.243 e. The number of nitrogens with zero attached hydrogens (tertiary/aromatic N) is 2. The van der Waals surface area contributed by atoms with Gasteiger partial charge in [-0.3, -0.25) is 0 Å². The van der Waals surface area contributed by atoms with Crippen molar-refractivity contribution in [2.45, 2.75) is 50.5 Å². The minimum absolute atomic E-state index is 0.0454. The second kappa shape index (κ2) is 6.49. The van der Waals surface area contributed by atoms with Crippen molar-refractivity contribution in [3.63, 3.8) is 0 Å². The fourth-order valence-corrected chi connectivity index (χ4v) is 3.77. The first kappa shape index (κ1) is 15.2. The zero-order chi connectivity index (χ0) is 14.6. The predicted octanol–water partition coefficient (Wildman–Crippen LogP) is 1.77. The molecule has 1 unspecified atom stereocenters. The summed E-state index contributed by atoms with van der Waals surface area (Å²) in [7, 11) is -3.53. The lowest BCUT2D eigenvalue weighted by Crippen LogP contribution is -2.37. The monoisotopic (exact) mass is 298 g/mol. The summed E-state index contributed by atoms with van der Waals surface area (Å²) in [6, 6.07) is -0.0454. The third kappa shape index (κ3) is 3.67. The highest BCUT2D eigenvalue weighted by Gasteiger charge is 2.26. The van der Waals surface area contributed by atoms with Crippen LogP contribution in [0, 0.1) is 5.92 Å². The smallest absolute Gasteiger partial charge is 0.243 e. The van der Waals surface area contributed by atoms with Crippen LogP contribution in [0.1, 0.15) is 39.5 Å². The molecule has 6 nitrogen and oxygen atoms in total. The van der Waals surface area contributed by atoms with Crippen LogP contribution < -0.4 is 10.0 Å². The standard InChI is InChI=1S/C13H22N4O2S/c1-3-14-13-15-8-12(9-16-13)20(18,19)17-10(2)11-6-4-5-7-11/h8-11,17H,3-7H2,1-2H3,(H,14,15,16). The Balaban J connectivity index is 2.05. The Kier molecular flexibility index (Phi) is 4.93. The van der Waals surface area contributed by atoms with Crippen molar-refractivity contribution < 1.29 is 8.42 Å². The highest BCUT2D eigenvalue weighted by Crippen LogP contribution is 2.28. The first-order chi connectivity index (χ1) is 9.53. The molecule has 7 heteroatoms. The van der Waals surface area contributed by atoms with Gasteiger partial charge in [-0.25, -0.2) is 23.1 Å². The van der Waals surface area contributed by atoms with E-state index >= 15 is 0 Å². The molecule has 0 bridgehead atoms. The van der Waals surface area contributed by atoms with Crippen molar-refractivity contribution in [3.8, 4) is 0 Å². The largest absolute Gasteiger partial charge is 0.355 e. The summed E-state index contributed by atoms with van der Waals surface area (Å²) in [5, 5.41) is 2.93. The van der Waals surface area contributed by atoms with Crippen molar-refractivity contribution in [2.24, 2.45) is 5.92 Å². The van der Waals surface area contributed by atoms with E-state index in [-0.39, 0.29) is 10.9 Å². The summed E-state index contributed by atoms with van der Waals surface area (Å²) in [4.78, 5) is 8.11. The normalized spacial score (nSPS) is 18.1. The Morgan fingerprint density at radius 3 is 2.45 bits per heavy atom. The SMILES string of the molecule is CCNc1ncc(S(=O)(=O)NC(C)C2CCCC2)cn1. The Morgan fingerprint density at radius 2 is 1.90 bits per heavy atom. The lowest BCUT2D eigenvalue weighted by molar-refractivity contribution is 0.424. The number of aromatic nitrogens is 2. The maximum absolute atomic E-state index is 12.3. The van der Waals surface area contributed by atoms with Gasteiger partial charge in [0, 0.05) is 12.6 Å². The summed E-state index contributed by atoms with van der Waals surface area (Å²) >= 11 is 0. The second-order valence-corrected chi connectivity index (χ2v) is 6.94. The number of hydrogen-bond donors (Lipinski definition) is 2. The van der Waals surface area contributed by atoms with E-state index in [9.17, 15) is 8.42 Å². The number of sulfonamides is 1. The minimum Gasteiger partial charge on any atom is -0.355 e. The highest BCUT2D eigenvalue weighted by molar-refractivity contribution is 7.89. The number of anilines is 1. The summed E-state index contributed by atoms with van der Waals surface area (Å²) in [6.45, 7) is 4.56. The van der Waals surface area contributed by atoms with Gasteiger partial charge in [-0.1, -0.05) is 12.8 Å². The van der Waals surface area contributed by atoms with Crippen LogP contribution in [0.5, 0.6) is 0 Å². The van der Waals surface area contributed by atoms with Crippen molar-refractivity contribution in [1.29, 1.82) is 0 Å². The summed E-state index contributed by atoms with van der Waals surface area (Å²) in [5.74, 6) is 0.877. The molecule has 2 N–H and O–H groups in total. The summed E-state index contributed by atoms with van der Waals surface area (Å²) < 4.78 is 27.3. The zero-order valence-electron chi connectivity index (χ0n) is 12.0. The molecule has 2 rings (SSSR count). The van der Waals surface area contributed by atoms with Crippen LogP contribution in [0.25, 0.3) is 0 Å². The van der Waals surface area contributed by atoms with Gasteiger partial charge in [-0.2, -0.15) is 0 Å². The molecule has 20 heavy (non-hydrogen) atoms.